The van der Waals surface area contributed by atoms with Gasteiger partial charge in [0.1, 0.15) is 0 Å². The number of anilines is 1. The molecule has 7 heteroatoms. The van der Waals surface area contributed by atoms with E-state index in [1.807, 2.05) is 36.3 Å². The average molecular weight is 351 g/mol. The predicted molar refractivity (Wildman–Crippen MR) is 94.7 cm³/mol. The number of aromatic nitrogens is 1. The third kappa shape index (κ3) is 3.57. The van der Waals surface area contributed by atoms with Crippen molar-refractivity contribution >= 4 is 33.7 Å². The van der Waals surface area contributed by atoms with E-state index >= 15 is 0 Å². The van der Waals surface area contributed by atoms with Gasteiger partial charge in [-0.25, -0.2) is 4.98 Å². The summed E-state index contributed by atoms with van der Waals surface area (Å²) in [5.41, 5.74) is 6.81. The molecule has 1 fully saturated rings. The molecule has 3 heterocycles. The number of hydrogen-bond donors (Lipinski definition) is 1. The van der Waals surface area contributed by atoms with Crippen molar-refractivity contribution in [2.75, 3.05) is 18.9 Å². The lowest BCUT2D eigenvalue weighted by Crippen LogP contribution is -2.52. The van der Waals surface area contributed by atoms with Crippen LogP contribution >= 0.6 is 22.7 Å². The van der Waals surface area contributed by atoms with Crippen molar-refractivity contribution < 1.29 is 9.53 Å². The minimum atomic E-state index is 0.134. The Morgan fingerprint density at radius 1 is 1.43 bits per heavy atom. The molecule has 3 rings (SSSR count). The van der Waals surface area contributed by atoms with E-state index in [-0.39, 0.29) is 18.0 Å². The fourth-order valence-electron chi connectivity index (χ4n) is 2.99. The van der Waals surface area contributed by atoms with Crippen molar-refractivity contribution in [2.45, 2.75) is 38.8 Å². The number of amides is 1. The van der Waals surface area contributed by atoms with Gasteiger partial charge in [-0.1, -0.05) is 6.07 Å². The second kappa shape index (κ2) is 6.98. The van der Waals surface area contributed by atoms with E-state index in [0.717, 1.165) is 15.4 Å². The van der Waals surface area contributed by atoms with Gasteiger partial charge in [0.05, 0.1) is 35.9 Å². The Hall–Kier alpha value is -1.44. The minimum absolute atomic E-state index is 0.134. The van der Waals surface area contributed by atoms with Crippen molar-refractivity contribution in [1.29, 1.82) is 0 Å². The summed E-state index contributed by atoms with van der Waals surface area (Å²) >= 11 is 3.12. The van der Waals surface area contributed by atoms with Gasteiger partial charge in [0, 0.05) is 11.3 Å². The van der Waals surface area contributed by atoms with Crippen molar-refractivity contribution in [2.24, 2.45) is 0 Å². The van der Waals surface area contributed by atoms with E-state index in [2.05, 4.69) is 4.98 Å². The van der Waals surface area contributed by atoms with Crippen LogP contribution in [0.3, 0.4) is 0 Å². The Bertz CT molecular complexity index is 659. The summed E-state index contributed by atoms with van der Waals surface area (Å²) < 4.78 is 5.49. The summed E-state index contributed by atoms with van der Waals surface area (Å²) in [5.74, 6) is 0.178. The van der Waals surface area contributed by atoms with Crippen LogP contribution in [0, 0.1) is 0 Å². The monoisotopic (exact) mass is 351 g/mol. The molecule has 2 aromatic heterocycles. The summed E-state index contributed by atoms with van der Waals surface area (Å²) in [4.78, 5) is 21.2. The van der Waals surface area contributed by atoms with Crippen LogP contribution in [0.1, 0.15) is 25.1 Å². The first kappa shape index (κ1) is 16.4. The van der Waals surface area contributed by atoms with Crippen LogP contribution in [-0.4, -0.2) is 41.1 Å². The maximum atomic E-state index is 12.6. The molecule has 0 spiro atoms. The van der Waals surface area contributed by atoms with Crippen molar-refractivity contribution in [3.8, 4) is 10.6 Å². The number of nitrogen functional groups attached to an aromatic ring is 1. The Morgan fingerprint density at radius 2 is 2.17 bits per heavy atom. The Balaban J connectivity index is 1.70. The summed E-state index contributed by atoms with van der Waals surface area (Å²) in [6, 6.07) is 4.31. The number of thiazole rings is 1. The topological polar surface area (TPSA) is 68.5 Å². The molecule has 5 nitrogen and oxygen atoms in total. The number of aryl methyl sites for hydroxylation is 1. The first-order valence-corrected chi connectivity index (χ1v) is 9.44. The lowest BCUT2D eigenvalue weighted by molar-refractivity contribution is -0.144. The van der Waals surface area contributed by atoms with Gasteiger partial charge in [0.25, 0.3) is 0 Å². The Kier molecular flexibility index (Phi) is 4.99. The van der Waals surface area contributed by atoms with Crippen LogP contribution in [-0.2, 0) is 16.0 Å². The van der Waals surface area contributed by atoms with E-state index in [0.29, 0.717) is 31.2 Å². The number of carbonyl (C=O) groups excluding carboxylic acids is 1. The fraction of sp³-hybridized carbons (Fsp3) is 0.500. The van der Waals surface area contributed by atoms with E-state index in [1.54, 1.807) is 11.3 Å². The van der Waals surface area contributed by atoms with Crippen LogP contribution in [0.15, 0.2) is 17.5 Å². The molecular formula is C16H21N3O2S2. The zero-order valence-corrected chi connectivity index (χ0v) is 15.0. The first-order valence-electron chi connectivity index (χ1n) is 7.74. The van der Waals surface area contributed by atoms with Crippen LogP contribution in [0.2, 0.25) is 0 Å². The van der Waals surface area contributed by atoms with Crippen LogP contribution in [0.5, 0.6) is 0 Å². The minimum Gasteiger partial charge on any atom is -0.377 e. The van der Waals surface area contributed by atoms with E-state index in [9.17, 15) is 4.79 Å². The quantitative estimate of drug-likeness (QED) is 0.919. The zero-order chi connectivity index (χ0) is 16.4. The van der Waals surface area contributed by atoms with Crippen molar-refractivity contribution in [3.63, 3.8) is 0 Å². The van der Waals surface area contributed by atoms with Gasteiger partial charge in [0.2, 0.25) is 5.91 Å². The summed E-state index contributed by atoms with van der Waals surface area (Å²) in [5, 5.41) is 2.58. The predicted octanol–water partition coefficient (Wildman–Crippen LogP) is 3.02. The van der Waals surface area contributed by atoms with E-state index in [1.165, 1.54) is 11.3 Å². The molecule has 2 aromatic rings. The molecule has 0 aliphatic carbocycles. The Morgan fingerprint density at radius 3 is 2.83 bits per heavy atom. The smallest absolute Gasteiger partial charge is 0.223 e. The molecule has 23 heavy (non-hydrogen) atoms. The highest BCUT2D eigenvalue weighted by atomic mass is 32.1. The van der Waals surface area contributed by atoms with Crippen molar-refractivity contribution in [3.05, 3.63) is 22.4 Å². The molecule has 0 bridgehead atoms. The second-order valence-corrected chi connectivity index (χ2v) is 7.90. The molecule has 2 atom stereocenters. The van der Waals surface area contributed by atoms with E-state index in [4.69, 9.17) is 10.5 Å². The molecule has 2 unspecified atom stereocenters. The maximum Gasteiger partial charge on any atom is 0.223 e. The summed E-state index contributed by atoms with van der Waals surface area (Å²) in [6.45, 7) is 5.30. The molecule has 124 valence electrons. The third-order valence-corrected chi connectivity index (χ3v) is 5.81. The van der Waals surface area contributed by atoms with Gasteiger partial charge in [-0.3, -0.25) is 4.79 Å². The highest BCUT2D eigenvalue weighted by Gasteiger charge is 2.29. The lowest BCUT2D eigenvalue weighted by Gasteiger charge is -2.38. The normalized spacial score (nSPS) is 21.6. The van der Waals surface area contributed by atoms with Gasteiger partial charge in [-0.2, -0.15) is 0 Å². The van der Waals surface area contributed by atoms with Gasteiger partial charge in [-0.15, -0.1) is 22.7 Å². The number of ether oxygens (including phenoxy) is 1. The molecule has 0 aromatic carbocycles. The zero-order valence-electron chi connectivity index (χ0n) is 13.3. The number of morpholine rings is 1. The van der Waals surface area contributed by atoms with Crippen LogP contribution in [0.4, 0.5) is 5.13 Å². The van der Waals surface area contributed by atoms with Gasteiger partial charge in [-0.05, 0) is 31.7 Å². The molecule has 1 saturated heterocycles. The van der Waals surface area contributed by atoms with Crippen LogP contribution < -0.4 is 5.73 Å². The summed E-state index contributed by atoms with van der Waals surface area (Å²) in [6.07, 6.45) is 1.16. The molecule has 2 N–H and O–H groups in total. The van der Waals surface area contributed by atoms with Gasteiger partial charge >= 0.3 is 0 Å². The van der Waals surface area contributed by atoms with Gasteiger partial charge < -0.3 is 15.4 Å². The van der Waals surface area contributed by atoms with Gasteiger partial charge in [0.15, 0.2) is 5.13 Å². The molecule has 1 amide bonds. The largest absolute Gasteiger partial charge is 0.377 e. The molecular weight excluding hydrogens is 330 g/mol. The molecule has 1 aliphatic heterocycles. The second-order valence-electron chi connectivity index (χ2n) is 5.84. The summed E-state index contributed by atoms with van der Waals surface area (Å²) in [7, 11) is 0. The number of thiophene rings is 1. The molecule has 0 saturated carbocycles. The van der Waals surface area contributed by atoms with E-state index < -0.39 is 0 Å². The Labute approximate surface area is 144 Å². The number of nitrogens with zero attached hydrogens (tertiary/aromatic N) is 2. The number of rotatable bonds is 4. The number of nitrogens with two attached hydrogens (primary N) is 1. The SMILES string of the molecule is CC1COCC(C)N1C(=O)CCc1sc(N)nc1-c1cccs1. The van der Waals surface area contributed by atoms with Crippen molar-refractivity contribution in [1.82, 2.24) is 9.88 Å². The average Bonchev–Trinajstić information content (AvgIpc) is 3.14. The maximum absolute atomic E-state index is 12.6. The number of hydrogen-bond acceptors (Lipinski definition) is 6. The standard InChI is InChI=1S/C16H21N3O2S2/c1-10-8-21-9-11(2)19(10)14(20)6-5-13-15(18-16(17)23-13)12-4-3-7-22-12/h3-4,7,10-11H,5-6,8-9H2,1-2H3,(H2,17,18). The molecule has 0 radical (unpaired) electrons. The highest BCUT2D eigenvalue weighted by Crippen LogP contribution is 2.33. The lowest BCUT2D eigenvalue weighted by atomic mass is 10.1. The third-order valence-electron chi connectivity index (χ3n) is 3.99. The first-order chi connectivity index (χ1) is 11.1. The highest BCUT2D eigenvalue weighted by molar-refractivity contribution is 7.17. The molecule has 1 aliphatic rings. The fourth-order valence-corrected chi connectivity index (χ4v) is 4.64. The number of carbonyl (C=O) groups is 1. The van der Waals surface area contributed by atoms with Crippen LogP contribution in [0.25, 0.3) is 10.6 Å².